The zero-order valence-electron chi connectivity index (χ0n) is 8.94. The number of fused-ring (bicyclic) bond motifs is 1. The largest absolute Gasteiger partial charge is 0.391 e. The molecule has 1 heterocycles. The molecule has 2 unspecified atom stereocenters. The molecule has 1 aliphatic rings. The predicted octanol–water partition coefficient (Wildman–Crippen LogP) is 1.94. The quantitative estimate of drug-likeness (QED) is 0.818. The number of hydrogen-bond donors (Lipinski definition) is 2. The number of thioether (sulfide) groups is 1. The number of nitrogens with one attached hydrogen (secondary N) is 1. The van der Waals surface area contributed by atoms with Crippen LogP contribution in [0.3, 0.4) is 0 Å². The predicted molar refractivity (Wildman–Crippen MR) is 65.0 cm³/mol. The lowest BCUT2D eigenvalue weighted by Gasteiger charge is -2.19. The molecule has 0 aromatic heterocycles. The summed E-state index contributed by atoms with van der Waals surface area (Å²) < 4.78 is 0. The van der Waals surface area contributed by atoms with Gasteiger partial charge >= 0.3 is 0 Å². The van der Waals surface area contributed by atoms with Gasteiger partial charge in [-0.1, -0.05) is 24.3 Å². The molecule has 0 spiro atoms. The van der Waals surface area contributed by atoms with Crippen LogP contribution < -0.4 is 5.32 Å². The summed E-state index contributed by atoms with van der Waals surface area (Å²) in [4.78, 5) is 0. The Kier molecular flexibility index (Phi) is 3.67. The molecule has 2 nitrogen and oxygen atoms in total. The second kappa shape index (κ2) is 5.01. The number of aliphatic hydroxyl groups is 1. The molecule has 0 radical (unpaired) electrons. The molecule has 0 fully saturated rings. The van der Waals surface area contributed by atoms with E-state index in [0.29, 0.717) is 0 Å². The van der Waals surface area contributed by atoms with E-state index in [-0.39, 0.29) is 12.1 Å². The van der Waals surface area contributed by atoms with Crippen LogP contribution in [0.1, 0.15) is 23.6 Å². The maximum atomic E-state index is 10.1. The highest BCUT2D eigenvalue weighted by molar-refractivity contribution is 7.98. The van der Waals surface area contributed by atoms with Crippen LogP contribution in [0.4, 0.5) is 0 Å². The molecule has 0 bridgehead atoms. The standard InChI is InChI=1S/C12H17NOS/c1-15-7-6-11(14)12-10-5-3-2-4-9(10)8-13-12/h2-5,11-14H,6-8H2,1H3. The summed E-state index contributed by atoms with van der Waals surface area (Å²) >= 11 is 1.78. The Morgan fingerprint density at radius 3 is 3.13 bits per heavy atom. The number of aliphatic hydroxyl groups excluding tert-OH is 1. The summed E-state index contributed by atoms with van der Waals surface area (Å²) in [5.74, 6) is 1.02. The van der Waals surface area contributed by atoms with Gasteiger partial charge in [-0.15, -0.1) is 0 Å². The first-order chi connectivity index (χ1) is 7.33. The van der Waals surface area contributed by atoms with Crippen LogP contribution in [0.5, 0.6) is 0 Å². The minimum Gasteiger partial charge on any atom is -0.391 e. The average Bonchev–Trinajstić information content (AvgIpc) is 2.69. The Labute approximate surface area is 95.1 Å². The van der Waals surface area contributed by atoms with E-state index in [2.05, 4.69) is 29.8 Å². The van der Waals surface area contributed by atoms with Gasteiger partial charge in [-0.3, -0.25) is 0 Å². The van der Waals surface area contributed by atoms with Crippen LogP contribution in [0.2, 0.25) is 0 Å². The zero-order valence-corrected chi connectivity index (χ0v) is 9.76. The Balaban J connectivity index is 2.06. The molecule has 15 heavy (non-hydrogen) atoms. The van der Waals surface area contributed by atoms with Crippen molar-refractivity contribution in [1.29, 1.82) is 0 Å². The summed E-state index contributed by atoms with van der Waals surface area (Å²) in [7, 11) is 0. The first-order valence-corrected chi connectivity index (χ1v) is 6.70. The smallest absolute Gasteiger partial charge is 0.0743 e. The van der Waals surface area contributed by atoms with Gasteiger partial charge in [0.15, 0.2) is 0 Å². The van der Waals surface area contributed by atoms with Crippen LogP contribution in [0, 0.1) is 0 Å². The van der Waals surface area contributed by atoms with Crippen molar-refractivity contribution in [1.82, 2.24) is 5.32 Å². The van der Waals surface area contributed by atoms with Gasteiger partial charge < -0.3 is 10.4 Å². The Morgan fingerprint density at radius 2 is 2.33 bits per heavy atom. The Hall–Kier alpha value is -0.510. The molecule has 0 saturated heterocycles. The van der Waals surface area contributed by atoms with Crippen LogP contribution in [-0.4, -0.2) is 23.2 Å². The van der Waals surface area contributed by atoms with E-state index >= 15 is 0 Å². The van der Waals surface area contributed by atoms with Crippen LogP contribution >= 0.6 is 11.8 Å². The molecule has 3 heteroatoms. The summed E-state index contributed by atoms with van der Waals surface area (Å²) in [6.45, 7) is 0.886. The average molecular weight is 223 g/mol. The van der Waals surface area contributed by atoms with Crippen molar-refractivity contribution in [2.45, 2.75) is 25.1 Å². The maximum absolute atomic E-state index is 10.1. The van der Waals surface area contributed by atoms with Crippen molar-refractivity contribution in [3.8, 4) is 0 Å². The van der Waals surface area contributed by atoms with Gasteiger partial charge in [0.05, 0.1) is 12.1 Å². The molecule has 0 amide bonds. The van der Waals surface area contributed by atoms with E-state index in [4.69, 9.17) is 0 Å². The molecule has 0 aliphatic carbocycles. The number of benzene rings is 1. The fourth-order valence-corrected chi connectivity index (χ4v) is 2.55. The van der Waals surface area contributed by atoms with Gasteiger partial charge in [0.25, 0.3) is 0 Å². The molecule has 2 rings (SSSR count). The van der Waals surface area contributed by atoms with E-state index in [1.807, 2.05) is 6.07 Å². The van der Waals surface area contributed by atoms with E-state index in [1.54, 1.807) is 11.8 Å². The summed E-state index contributed by atoms with van der Waals surface area (Å²) in [5.41, 5.74) is 2.59. The molecule has 1 aliphatic heterocycles. The molecular formula is C12H17NOS. The topological polar surface area (TPSA) is 32.3 Å². The lowest BCUT2D eigenvalue weighted by Crippen LogP contribution is -2.26. The van der Waals surface area contributed by atoms with E-state index in [9.17, 15) is 5.11 Å². The highest BCUT2D eigenvalue weighted by atomic mass is 32.2. The van der Waals surface area contributed by atoms with Crippen molar-refractivity contribution in [3.05, 3.63) is 35.4 Å². The monoisotopic (exact) mass is 223 g/mol. The fourth-order valence-electron chi connectivity index (χ4n) is 2.08. The molecule has 1 aromatic rings. The summed E-state index contributed by atoms with van der Waals surface area (Å²) in [6, 6.07) is 8.47. The number of hydrogen-bond acceptors (Lipinski definition) is 3. The molecule has 1 aromatic carbocycles. The molecular weight excluding hydrogens is 206 g/mol. The Bertz CT molecular complexity index is 329. The van der Waals surface area contributed by atoms with Gasteiger partial charge in [0.1, 0.15) is 0 Å². The van der Waals surface area contributed by atoms with E-state index in [1.165, 1.54) is 11.1 Å². The lowest BCUT2D eigenvalue weighted by molar-refractivity contribution is 0.129. The third-order valence-corrected chi connectivity index (χ3v) is 3.55. The molecule has 2 atom stereocenters. The lowest BCUT2D eigenvalue weighted by atomic mass is 9.99. The molecule has 2 N–H and O–H groups in total. The van der Waals surface area contributed by atoms with Gasteiger partial charge in [-0.2, -0.15) is 11.8 Å². The third-order valence-electron chi connectivity index (χ3n) is 2.91. The molecule has 82 valence electrons. The van der Waals surface area contributed by atoms with Gasteiger partial charge in [-0.05, 0) is 29.6 Å². The van der Waals surface area contributed by atoms with Gasteiger partial charge in [0.2, 0.25) is 0 Å². The second-order valence-corrected chi connectivity index (χ2v) is 4.89. The Morgan fingerprint density at radius 1 is 1.53 bits per heavy atom. The van der Waals surface area contributed by atoms with Crippen LogP contribution in [0.15, 0.2) is 24.3 Å². The van der Waals surface area contributed by atoms with Gasteiger partial charge in [-0.25, -0.2) is 0 Å². The van der Waals surface area contributed by atoms with E-state index < -0.39 is 0 Å². The second-order valence-electron chi connectivity index (χ2n) is 3.91. The minimum atomic E-state index is -0.263. The SMILES string of the molecule is CSCCC(O)C1NCc2ccccc21. The van der Waals surface area contributed by atoms with Crippen molar-refractivity contribution in [3.63, 3.8) is 0 Å². The van der Waals surface area contributed by atoms with Crippen molar-refractivity contribution in [2.75, 3.05) is 12.0 Å². The first kappa shape index (κ1) is 11.0. The first-order valence-electron chi connectivity index (χ1n) is 5.31. The van der Waals surface area contributed by atoms with Crippen LogP contribution in [0.25, 0.3) is 0 Å². The van der Waals surface area contributed by atoms with Crippen molar-refractivity contribution >= 4 is 11.8 Å². The van der Waals surface area contributed by atoms with Crippen molar-refractivity contribution < 1.29 is 5.11 Å². The molecule has 0 saturated carbocycles. The minimum absolute atomic E-state index is 0.133. The fraction of sp³-hybridized carbons (Fsp3) is 0.500. The highest BCUT2D eigenvalue weighted by Gasteiger charge is 2.27. The highest BCUT2D eigenvalue weighted by Crippen LogP contribution is 2.28. The third kappa shape index (κ3) is 2.36. The summed E-state index contributed by atoms with van der Waals surface area (Å²) in [5, 5.41) is 13.4. The maximum Gasteiger partial charge on any atom is 0.0743 e. The van der Waals surface area contributed by atoms with Gasteiger partial charge in [0, 0.05) is 6.54 Å². The zero-order chi connectivity index (χ0) is 10.7. The number of rotatable bonds is 4. The van der Waals surface area contributed by atoms with Crippen LogP contribution in [-0.2, 0) is 6.54 Å². The van der Waals surface area contributed by atoms with Crippen molar-refractivity contribution in [2.24, 2.45) is 0 Å². The normalized spacial score (nSPS) is 21.3. The summed E-state index contributed by atoms with van der Waals surface area (Å²) in [6.07, 6.45) is 2.66. The van der Waals surface area contributed by atoms with E-state index in [0.717, 1.165) is 18.7 Å².